The molecule has 6 heteroatoms. The van der Waals surface area contributed by atoms with Gasteiger partial charge in [-0.15, -0.1) is 0 Å². The lowest BCUT2D eigenvalue weighted by molar-refractivity contribution is 0.540. The fourth-order valence-electron chi connectivity index (χ4n) is 0.996. The number of aromatic amines is 2. The fraction of sp³-hybridized carbons (Fsp3) is 0.167. The van der Waals surface area contributed by atoms with Crippen molar-refractivity contribution >= 4 is 11.2 Å². The van der Waals surface area contributed by atoms with E-state index < -0.39 is 11.6 Å². The molecule has 0 aliphatic rings. The Balaban J connectivity index is 2.98. The summed E-state index contributed by atoms with van der Waals surface area (Å²) < 4.78 is 12.5. The van der Waals surface area contributed by atoms with Gasteiger partial charge in [-0.2, -0.15) is 9.37 Å². The van der Waals surface area contributed by atoms with E-state index in [-0.39, 0.29) is 11.2 Å². The molecule has 2 aromatic heterocycles. The maximum absolute atomic E-state index is 12.5. The first-order chi connectivity index (χ1) is 5.66. The highest BCUT2D eigenvalue weighted by Crippen LogP contribution is 2.01. The number of H-pyrrole nitrogens is 2. The molecule has 2 rings (SSSR count). The molecule has 0 saturated heterocycles. The second-order valence-corrected chi connectivity index (χ2v) is 2.38. The van der Waals surface area contributed by atoms with E-state index in [2.05, 4.69) is 15.0 Å². The van der Waals surface area contributed by atoms with Crippen LogP contribution >= 0.6 is 0 Å². The van der Waals surface area contributed by atoms with Crippen molar-refractivity contribution in [3.63, 3.8) is 0 Å². The van der Waals surface area contributed by atoms with Crippen LogP contribution in [0.5, 0.6) is 0 Å². The van der Waals surface area contributed by atoms with E-state index in [4.69, 9.17) is 0 Å². The number of nitrogens with zero attached hydrogens (tertiary/aromatic N) is 2. The predicted octanol–water partition coefficient (Wildman–Crippen LogP) is 0.0937. The number of rotatable bonds is 0. The molecule has 0 fully saturated rings. The van der Waals surface area contributed by atoms with Crippen LogP contribution in [0.4, 0.5) is 4.39 Å². The van der Waals surface area contributed by atoms with Gasteiger partial charge >= 0.3 is 0 Å². The Kier molecular flexibility index (Phi) is 1.24. The third kappa shape index (κ3) is 0.884. The number of hydrogen-bond donors (Lipinski definition) is 2. The highest BCUT2D eigenvalue weighted by molar-refractivity contribution is 5.68. The zero-order chi connectivity index (χ0) is 8.72. The van der Waals surface area contributed by atoms with Crippen molar-refractivity contribution in [2.45, 2.75) is 6.92 Å². The van der Waals surface area contributed by atoms with Crippen LogP contribution in [-0.2, 0) is 0 Å². The van der Waals surface area contributed by atoms with E-state index in [1.807, 2.05) is 4.98 Å². The van der Waals surface area contributed by atoms with Gasteiger partial charge in [0.15, 0.2) is 11.2 Å². The van der Waals surface area contributed by atoms with Gasteiger partial charge in [-0.1, -0.05) is 0 Å². The SMILES string of the molecule is Cc1nc2nc(F)[nH]c(=O)c2[nH]1. The third-order valence-electron chi connectivity index (χ3n) is 1.45. The quantitative estimate of drug-likeness (QED) is 0.547. The highest BCUT2D eigenvalue weighted by atomic mass is 19.1. The summed E-state index contributed by atoms with van der Waals surface area (Å²) in [6, 6.07) is 0. The molecule has 0 aliphatic heterocycles. The van der Waals surface area contributed by atoms with E-state index in [1.165, 1.54) is 0 Å². The molecular weight excluding hydrogens is 163 g/mol. The number of aryl methyl sites for hydroxylation is 1. The molecule has 0 saturated carbocycles. The third-order valence-corrected chi connectivity index (χ3v) is 1.45. The van der Waals surface area contributed by atoms with E-state index in [0.29, 0.717) is 5.82 Å². The minimum absolute atomic E-state index is 0.105. The Bertz CT molecular complexity index is 486. The van der Waals surface area contributed by atoms with Crippen LogP contribution < -0.4 is 5.56 Å². The summed E-state index contributed by atoms with van der Waals surface area (Å²) in [5, 5.41) is 0. The van der Waals surface area contributed by atoms with Gasteiger partial charge in [0.2, 0.25) is 0 Å². The standard InChI is InChI=1S/C6H5FN4O/c1-2-8-3-4(9-2)10-6(7)11-5(3)12/h1H3,(H2,8,9,10,11,12). The zero-order valence-corrected chi connectivity index (χ0v) is 6.18. The average Bonchev–Trinajstić information content (AvgIpc) is 2.29. The summed E-state index contributed by atoms with van der Waals surface area (Å²) in [7, 11) is 0. The monoisotopic (exact) mass is 168 g/mol. The van der Waals surface area contributed by atoms with Gasteiger partial charge in [0.25, 0.3) is 11.6 Å². The zero-order valence-electron chi connectivity index (χ0n) is 6.18. The Morgan fingerprint density at radius 2 is 2.08 bits per heavy atom. The van der Waals surface area contributed by atoms with Crippen molar-refractivity contribution in [2.75, 3.05) is 0 Å². The highest BCUT2D eigenvalue weighted by Gasteiger charge is 2.06. The summed E-state index contributed by atoms with van der Waals surface area (Å²) in [6.07, 6.45) is -0.918. The first-order valence-electron chi connectivity index (χ1n) is 3.29. The molecule has 0 aromatic carbocycles. The molecule has 2 aromatic rings. The smallest absolute Gasteiger partial charge is 0.291 e. The fourth-order valence-corrected chi connectivity index (χ4v) is 0.996. The van der Waals surface area contributed by atoms with E-state index >= 15 is 0 Å². The van der Waals surface area contributed by atoms with E-state index in [1.54, 1.807) is 6.92 Å². The number of fused-ring (bicyclic) bond motifs is 1. The van der Waals surface area contributed by atoms with Crippen molar-refractivity contribution in [1.82, 2.24) is 19.9 Å². The van der Waals surface area contributed by atoms with Crippen LogP contribution in [0, 0.1) is 13.0 Å². The van der Waals surface area contributed by atoms with Crippen LogP contribution in [0.2, 0.25) is 0 Å². The summed E-state index contributed by atoms with van der Waals surface area (Å²) in [5.41, 5.74) is -0.235. The second-order valence-electron chi connectivity index (χ2n) is 2.38. The average molecular weight is 168 g/mol. The molecule has 12 heavy (non-hydrogen) atoms. The minimum atomic E-state index is -0.918. The van der Waals surface area contributed by atoms with Gasteiger partial charge in [-0.3, -0.25) is 9.78 Å². The molecule has 0 unspecified atom stereocenters. The van der Waals surface area contributed by atoms with Crippen LogP contribution in [0.25, 0.3) is 11.2 Å². The van der Waals surface area contributed by atoms with Crippen molar-refractivity contribution in [2.24, 2.45) is 0 Å². The predicted molar refractivity (Wildman–Crippen MR) is 39.2 cm³/mol. The van der Waals surface area contributed by atoms with E-state index in [9.17, 15) is 9.18 Å². The number of aromatic nitrogens is 4. The van der Waals surface area contributed by atoms with Gasteiger partial charge in [-0.05, 0) is 6.92 Å². The van der Waals surface area contributed by atoms with Gasteiger partial charge in [0.05, 0.1) is 0 Å². The van der Waals surface area contributed by atoms with Crippen LogP contribution in [0.1, 0.15) is 5.82 Å². The maximum Gasteiger partial charge on any atom is 0.291 e. The van der Waals surface area contributed by atoms with Crippen molar-refractivity contribution in [1.29, 1.82) is 0 Å². The lowest BCUT2D eigenvalue weighted by atomic mass is 10.5. The molecule has 0 radical (unpaired) electrons. The Labute approximate surface area is 65.7 Å². The molecule has 0 aliphatic carbocycles. The summed E-state index contributed by atoms with van der Waals surface area (Å²) in [5.74, 6) is 0.536. The lowest BCUT2D eigenvalue weighted by Gasteiger charge is -1.85. The topological polar surface area (TPSA) is 74.4 Å². The van der Waals surface area contributed by atoms with Crippen molar-refractivity contribution < 1.29 is 4.39 Å². The van der Waals surface area contributed by atoms with Crippen LogP contribution in [0.3, 0.4) is 0 Å². The van der Waals surface area contributed by atoms with Crippen LogP contribution in [-0.4, -0.2) is 19.9 Å². The lowest BCUT2D eigenvalue weighted by Crippen LogP contribution is -2.10. The Morgan fingerprint density at radius 3 is 2.83 bits per heavy atom. The number of nitrogens with one attached hydrogen (secondary N) is 2. The number of halogens is 1. The van der Waals surface area contributed by atoms with Gasteiger partial charge in [0, 0.05) is 0 Å². The molecule has 0 spiro atoms. The summed E-state index contributed by atoms with van der Waals surface area (Å²) in [4.78, 5) is 22.8. The Morgan fingerprint density at radius 1 is 1.33 bits per heavy atom. The number of imidazole rings is 1. The molecule has 0 atom stereocenters. The normalized spacial score (nSPS) is 10.8. The molecular formula is C6H5FN4O. The first-order valence-corrected chi connectivity index (χ1v) is 3.29. The maximum atomic E-state index is 12.5. The molecule has 0 amide bonds. The Hall–Kier alpha value is -1.72. The largest absolute Gasteiger partial charge is 0.336 e. The molecule has 2 N–H and O–H groups in total. The van der Waals surface area contributed by atoms with Gasteiger partial charge in [0.1, 0.15) is 5.82 Å². The summed E-state index contributed by atoms with van der Waals surface area (Å²) in [6.45, 7) is 1.67. The number of hydrogen-bond acceptors (Lipinski definition) is 3. The van der Waals surface area contributed by atoms with Crippen molar-refractivity contribution in [3.8, 4) is 0 Å². The summed E-state index contributed by atoms with van der Waals surface area (Å²) >= 11 is 0. The molecule has 0 bridgehead atoms. The van der Waals surface area contributed by atoms with Crippen molar-refractivity contribution in [3.05, 3.63) is 22.3 Å². The molecule has 62 valence electrons. The second kappa shape index (κ2) is 2.13. The van der Waals surface area contributed by atoms with E-state index in [0.717, 1.165) is 0 Å². The molecule has 5 nitrogen and oxygen atoms in total. The van der Waals surface area contributed by atoms with Crippen LogP contribution in [0.15, 0.2) is 4.79 Å². The first kappa shape index (κ1) is 6.96. The minimum Gasteiger partial charge on any atom is -0.336 e. The molecule has 2 heterocycles. The van der Waals surface area contributed by atoms with Gasteiger partial charge in [-0.25, -0.2) is 4.98 Å². The van der Waals surface area contributed by atoms with Gasteiger partial charge < -0.3 is 4.98 Å².